The SMILES string of the molecule is N#CC1(NC(=O)[C@@H]2CCCC[C@H]2c2nc(-c3ccc(F)cc3F)sc2-c2ccc(N3CCS(=O)(=O)CC3)cc2)CC1. The van der Waals surface area contributed by atoms with Crippen LogP contribution in [0.1, 0.15) is 50.1 Å². The number of benzene rings is 2. The number of aromatic nitrogens is 1. The van der Waals surface area contributed by atoms with Crippen LogP contribution in [-0.2, 0) is 14.6 Å². The van der Waals surface area contributed by atoms with E-state index in [2.05, 4.69) is 11.4 Å². The highest BCUT2D eigenvalue weighted by Gasteiger charge is 2.47. The maximum Gasteiger partial charge on any atom is 0.225 e. The topological polar surface area (TPSA) is 103 Å². The van der Waals surface area contributed by atoms with Crippen LogP contribution < -0.4 is 10.2 Å². The Labute approximate surface area is 242 Å². The van der Waals surface area contributed by atoms with Crippen molar-refractivity contribution in [2.75, 3.05) is 29.5 Å². The van der Waals surface area contributed by atoms with Gasteiger partial charge in [0.05, 0.1) is 28.1 Å². The molecule has 2 aromatic carbocycles. The maximum atomic E-state index is 14.9. The summed E-state index contributed by atoms with van der Waals surface area (Å²) in [5.41, 5.74) is 1.93. The van der Waals surface area contributed by atoms with E-state index in [1.807, 2.05) is 29.2 Å². The molecule has 41 heavy (non-hydrogen) atoms. The van der Waals surface area contributed by atoms with E-state index in [4.69, 9.17) is 4.98 Å². The number of carbonyl (C=O) groups excluding carboxylic acids is 1. The fraction of sp³-hybridized carbons (Fsp3) is 0.433. The fourth-order valence-electron chi connectivity index (χ4n) is 5.85. The molecule has 2 saturated carbocycles. The van der Waals surface area contributed by atoms with Crippen LogP contribution in [0.4, 0.5) is 14.5 Å². The van der Waals surface area contributed by atoms with E-state index >= 15 is 0 Å². The van der Waals surface area contributed by atoms with Crippen LogP contribution in [0.3, 0.4) is 0 Å². The van der Waals surface area contributed by atoms with Crippen molar-refractivity contribution in [1.82, 2.24) is 10.3 Å². The number of sulfone groups is 1. The zero-order valence-electron chi connectivity index (χ0n) is 22.4. The summed E-state index contributed by atoms with van der Waals surface area (Å²) in [7, 11) is -3.00. The highest BCUT2D eigenvalue weighted by atomic mass is 32.2. The van der Waals surface area contributed by atoms with Crippen molar-refractivity contribution in [3.05, 3.63) is 59.8 Å². The van der Waals surface area contributed by atoms with Crippen molar-refractivity contribution < 1.29 is 22.0 Å². The number of nitrogens with zero attached hydrogens (tertiary/aromatic N) is 3. The number of anilines is 1. The molecule has 3 aromatic rings. The molecular formula is C30H30F2N4O3S2. The molecule has 1 saturated heterocycles. The smallest absolute Gasteiger partial charge is 0.225 e. The van der Waals surface area contributed by atoms with E-state index in [0.717, 1.165) is 41.5 Å². The van der Waals surface area contributed by atoms with Gasteiger partial charge in [0.1, 0.15) is 22.2 Å². The van der Waals surface area contributed by atoms with Crippen molar-refractivity contribution in [2.24, 2.45) is 5.92 Å². The van der Waals surface area contributed by atoms with Gasteiger partial charge in [0.25, 0.3) is 0 Å². The first-order valence-electron chi connectivity index (χ1n) is 13.9. The Kier molecular flexibility index (Phi) is 7.32. The molecule has 1 amide bonds. The molecule has 11 heteroatoms. The molecule has 1 aromatic heterocycles. The molecule has 1 aliphatic heterocycles. The number of rotatable bonds is 6. The Morgan fingerprint density at radius 3 is 2.44 bits per heavy atom. The fourth-order valence-corrected chi connectivity index (χ4v) is 8.22. The second-order valence-electron chi connectivity index (χ2n) is 11.2. The molecule has 2 heterocycles. The van der Waals surface area contributed by atoms with Gasteiger partial charge in [-0.1, -0.05) is 25.0 Å². The monoisotopic (exact) mass is 596 g/mol. The highest BCUT2D eigenvalue weighted by molar-refractivity contribution is 7.91. The van der Waals surface area contributed by atoms with Crippen molar-refractivity contribution in [3.8, 4) is 27.1 Å². The van der Waals surface area contributed by atoms with Crippen LogP contribution in [0, 0.1) is 28.9 Å². The Bertz CT molecular complexity index is 1610. The molecule has 7 nitrogen and oxygen atoms in total. The van der Waals surface area contributed by atoms with Gasteiger partial charge in [-0.15, -0.1) is 11.3 Å². The van der Waals surface area contributed by atoms with E-state index in [0.29, 0.717) is 43.1 Å². The van der Waals surface area contributed by atoms with Crippen LogP contribution in [0.5, 0.6) is 0 Å². The summed E-state index contributed by atoms with van der Waals surface area (Å²) in [4.78, 5) is 21.2. The summed E-state index contributed by atoms with van der Waals surface area (Å²) >= 11 is 1.31. The summed E-state index contributed by atoms with van der Waals surface area (Å²) in [6.45, 7) is 0.870. The van der Waals surface area contributed by atoms with E-state index < -0.39 is 27.0 Å². The first kappa shape index (κ1) is 27.8. The number of halogens is 2. The second-order valence-corrected chi connectivity index (χ2v) is 14.5. The highest BCUT2D eigenvalue weighted by Crippen LogP contribution is 2.47. The molecule has 0 spiro atoms. The van der Waals surface area contributed by atoms with Gasteiger partial charge in [-0.25, -0.2) is 22.2 Å². The normalized spacial score (nSPS) is 23.0. The van der Waals surface area contributed by atoms with Gasteiger partial charge in [0.15, 0.2) is 9.84 Å². The van der Waals surface area contributed by atoms with Gasteiger partial charge in [-0.3, -0.25) is 4.79 Å². The van der Waals surface area contributed by atoms with E-state index in [1.165, 1.54) is 23.5 Å². The molecule has 3 fully saturated rings. The third-order valence-corrected chi connectivity index (χ3v) is 11.2. The van der Waals surface area contributed by atoms with Crippen molar-refractivity contribution in [1.29, 1.82) is 5.26 Å². The summed E-state index contributed by atoms with van der Waals surface area (Å²) in [5.74, 6) is -1.84. The number of hydrogen-bond acceptors (Lipinski definition) is 7. The van der Waals surface area contributed by atoms with Gasteiger partial charge in [0, 0.05) is 42.2 Å². The first-order valence-corrected chi connectivity index (χ1v) is 16.6. The molecule has 0 radical (unpaired) electrons. The van der Waals surface area contributed by atoms with Gasteiger partial charge < -0.3 is 10.2 Å². The first-order chi connectivity index (χ1) is 19.7. The van der Waals surface area contributed by atoms with Gasteiger partial charge in [0.2, 0.25) is 5.91 Å². The molecule has 6 rings (SSSR count). The Morgan fingerprint density at radius 1 is 1.07 bits per heavy atom. The summed E-state index contributed by atoms with van der Waals surface area (Å²) < 4.78 is 52.3. The average molecular weight is 597 g/mol. The molecule has 2 aliphatic carbocycles. The van der Waals surface area contributed by atoms with E-state index in [1.54, 1.807) is 0 Å². The molecule has 1 N–H and O–H groups in total. The minimum absolute atomic E-state index is 0.124. The summed E-state index contributed by atoms with van der Waals surface area (Å²) in [6.07, 6.45) is 4.53. The lowest BCUT2D eigenvalue weighted by Gasteiger charge is -2.31. The minimum atomic E-state index is -3.00. The quantitative estimate of drug-likeness (QED) is 0.407. The molecular weight excluding hydrogens is 566 g/mol. The van der Waals surface area contributed by atoms with Crippen molar-refractivity contribution >= 4 is 32.8 Å². The lowest BCUT2D eigenvalue weighted by atomic mass is 9.76. The third-order valence-electron chi connectivity index (χ3n) is 8.43. The Balaban J connectivity index is 1.37. The Hall–Kier alpha value is -3.36. The molecule has 0 bridgehead atoms. The predicted molar refractivity (Wildman–Crippen MR) is 154 cm³/mol. The van der Waals surface area contributed by atoms with Crippen LogP contribution in [-0.4, -0.2) is 49.4 Å². The number of nitriles is 1. The van der Waals surface area contributed by atoms with Crippen molar-refractivity contribution in [2.45, 2.75) is 50.0 Å². The number of nitrogens with one attached hydrogen (secondary N) is 1. The number of hydrogen-bond donors (Lipinski definition) is 1. The maximum absolute atomic E-state index is 14.9. The Morgan fingerprint density at radius 2 is 1.78 bits per heavy atom. The van der Waals surface area contributed by atoms with Crippen molar-refractivity contribution in [3.63, 3.8) is 0 Å². The lowest BCUT2D eigenvalue weighted by molar-refractivity contribution is -0.127. The predicted octanol–water partition coefficient (Wildman–Crippen LogP) is 5.44. The second kappa shape index (κ2) is 10.8. The largest absolute Gasteiger partial charge is 0.369 e. The standard InChI is InChI=1S/C30H30F2N4O3S2/c31-20-7-10-24(25(32)17-20)29-34-26(22-3-1-2-4-23(22)28(37)35-30(18-33)11-12-30)27(40-29)19-5-8-21(9-6-19)36-13-15-41(38,39)16-14-36/h5-10,17,22-23H,1-4,11-16H2,(H,35,37)/t22-,23-/m1/s1. The number of amides is 1. The van der Waals surface area contributed by atoms with Crippen LogP contribution in [0.2, 0.25) is 0 Å². The van der Waals surface area contributed by atoms with Crippen LogP contribution >= 0.6 is 11.3 Å². The van der Waals surface area contributed by atoms with Gasteiger partial charge in [-0.05, 0) is 55.5 Å². The van der Waals surface area contributed by atoms with Gasteiger partial charge >= 0.3 is 0 Å². The van der Waals surface area contributed by atoms with Crippen LogP contribution in [0.15, 0.2) is 42.5 Å². The average Bonchev–Trinajstić information content (AvgIpc) is 3.60. The number of thiazole rings is 1. The molecule has 0 unspecified atom stereocenters. The third kappa shape index (κ3) is 5.72. The van der Waals surface area contributed by atoms with E-state index in [-0.39, 0.29) is 34.8 Å². The van der Waals surface area contributed by atoms with Crippen LogP contribution in [0.25, 0.3) is 21.0 Å². The summed E-state index contributed by atoms with van der Waals surface area (Å²) in [5, 5.41) is 12.9. The minimum Gasteiger partial charge on any atom is -0.369 e. The molecule has 2 atom stereocenters. The van der Waals surface area contributed by atoms with Gasteiger partial charge in [-0.2, -0.15) is 5.26 Å². The molecule has 214 valence electrons. The molecule has 3 aliphatic rings. The summed E-state index contributed by atoms with van der Waals surface area (Å²) in [6, 6.07) is 13.5. The zero-order chi connectivity index (χ0) is 28.8. The van der Waals surface area contributed by atoms with E-state index in [9.17, 15) is 27.3 Å². The zero-order valence-corrected chi connectivity index (χ0v) is 24.0. The number of carbonyl (C=O) groups is 1. The lowest BCUT2D eigenvalue weighted by Crippen LogP contribution is -2.42.